The fourth-order valence-corrected chi connectivity index (χ4v) is 3.12. The van der Waals surface area contributed by atoms with Gasteiger partial charge in [0.15, 0.2) is 5.78 Å². The molecule has 2 atom stereocenters. The Morgan fingerprint density at radius 1 is 1.11 bits per heavy atom. The van der Waals surface area contributed by atoms with Crippen molar-refractivity contribution in [2.24, 2.45) is 11.8 Å². The number of aliphatic carboxylic acids is 1. The minimum atomic E-state index is -0.834. The molecule has 4 heteroatoms. The van der Waals surface area contributed by atoms with Crippen molar-refractivity contribution < 1.29 is 14.7 Å². The molecule has 0 heterocycles. The zero-order valence-corrected chi connectivity index (χ0v) is 11.8. The fraction of sp³-hybridized carbons (Fsp3) is 0.467. The Balaban J connectivity index is 2.18. The van der Waals surface area contributed by atoms with E-state index >= 15 is 0 Å². The van der Waals surface area contributed by atoms with Crippen LogP contribution in [0.1, 0.15) is 36.0 Å². The summed E-state index contributed by atoms with van der Waals surface area (Å²) in [5.74, 6) is -1.72. The Labute approximate surface area is 117 Å². The second-order valence-electron chi connectivity index (χ2n) is 4.93. The highest BCUT2D eigenvalue weighted by molar-refractivity contribution is 7.98. The Morgan fingerprint density at radius 3 is 2.21 bits per heavy atom. The van der Waals surface area contributed by atoms with Crippen molar-refractivity contribution in [2.75, 3.05) is 6.26 Å². The van der Waals surface area contributed by atoms with Crippen molar-refractivity contribution in [3.05, 3.63) is 29.8 Å². The molecule has 1 saturated carbocycles. The number of Topliss-reactive ketones (excluding diaryl/α,β-unsaturated/α-hetero) is 1. The molecule has 1 aliphatic carbocycles. The molecule has 1 aromatic rings. The van der Waals surface area contributed by atoms with E-state index in [1.807, 2.05) is 30.5 Å². The third-order valence-corrected chi connectivity index (χ3v) is 4.54. The lowest BCUT2D eigenvalue weighted by atomic mass is 9.75. The van der Waals surface area contributed by atoms with Gasteiger partial charge in [-0.05, 0) is 31.2 Å². The van der Waals surface area contributed by atoms with Crippen molar-refractivity contribution in [3.63, 3.8) is 0 Å². The highest BCUT2D eigenvalue weighted by atomic mass is 32.2. The summed E-state index contributed by atoms with van der Waals surface area (Å²) in [7, 11) is 0. The van der Waals surface area contributed by atoms with Crippen molar-refractivity contribution in [1.82, 2.24) is 0 Å². The average molecular weight is 278 g/mol. The van der Waals surface area contributed by atoms with Gasteiger partial charge >= 0.3 is 5.97 Å². The molecule has 3 nitrogen and oxygen atoms in total. The first-order valence-corrected chi connectivity index (χ1v) is 7.77. The number of ketones is 1. The van der Waals surface area contributed by atoms with E-state index in [4.69, 9.17) is 0 Å². The van der Waals surface area contributed by atoms with Gasteiger partial charge in [0.25, 0.3) is 0 Å². The van der Waals surface area contributed by atoms with Crippen molar-refractivity contribution in [3.8, 4) is 0 Å². The Bertz CT molecular complexity index is 467. The predicted molar refractivity (Wildman–Crippen MR) is 75.6 cm³/mol. The van der Waals surface area contributed by atoms with E-state index in [2.05, 4.69) is 0 Å². The Kier molecular flexibility index (Phi) is 4.64. The number of rotatable bonds is 4. The van der Waals surface area contributed by atoms with E-state index < -0.39 is 11.9 Å². The number of benzene rings is 1. The average Bonchev–Trinajstić information content (AvgIpc) is 2.46. The van der Waals surface area contributed by atoms with Crippen LogP contribution in [-0.4, -0.2) is 23.1 Å². The number of carbonyl (C=O) groups excluding carboxylic acids is 1. The first-order chi connectivity index (χ1) is 9.13. The molecular weight excluding hydrogens is 260 g/mol. The monoisotopic (exact) mass is 278 g/mol. The van der Waals surface area contributed by atoms with Gasteiger partial charge in [-0.25, -0.2) is 0 Å². The number of hydrogen-bond acceptors (Lipinski definition) is 3. The molecule has 19 heavy (non-hydrogen) atoms. The van der Waals surface area contributed by atoms with E-state index in [1.54, 1.807) is 11.8 Å². The second-order valence-corrected chi connectivity index (χ2v) is 5.81. The topological polar surface area (TPSA) is 54.4 Å². The summed E-state index contributed by atoms with van der Waals surface area (Å²) in [5, 5.41) is 9.23. The van der Waals surface area contributed by atoms with Gasteiger partial charge in [0.1, 0.15) is 0 Å². The largest absolute Gasteiger partial charge is 0.481 e. The zero-order valence-electron chi connectivity index (χ0n) is 11.0. The maximum absolute atomic E-state index is 12.4. The van der Waals surface area contributed by atoms with Gasteiger partial charge in [-0.1, -0.05) is 25.0 Å². The van der Waals surface area contributed by atoms with E-state index in [9.17, 15) is 14.7 Å². The molecule has 2 rings (SSSR count). The van der Waals surface area contributed by atoms with Crippen LogP contribution >= 0.6 is 11.8 Å². The van der Waals surface area contributed by atoms with Crippen LogP contribution in [-0.2, 0) is 4.79 Å². The van der Waals surface area contributed by atoms with E-state index in [-0.39, 0.29) is 11.7 Å². The fourth-order valence-electron chi connectivity index (χ4n) is 2.71. The van der Waals surface area contributed by atoms with Gasteiger partial charge < -0.3 is 5.11 Å². The summed E-state index contributed by atoms with van der Waals surface area (Å²) >= 11 is 1.62. The van der Waals surface area contributed by atoms with Crippen molar-refractivity contribution in [1.29, 1.82) is 0 Å². The summed E-state index contributed by atoms with van der Waals surface area (Å²) in [5.41, 5.74) is 0.635. The number of carboxylic acids is 1. The summed E-state index contributed by atoms with van der Waals surface area (Å²) in [6.45, 7) is 0. The molecule has 1 aromatic carbocycles. The quantitative estimate of drug-likeness (QED) is 0.676. The number of thioether (sulfide) groups is 1. The van der Waals surface area contributed by atoms with Crippen LogP contribution in [0.5, 0.6) is 0 Å². The van der Waals surface area contributed by atoms with Crippen LogP contribution < -0.4 is 0 Å². The third-order valence-electron chi connectivity index (χ3n) is 3.79. The second kappa shape index (κ2) is 6.24. The molecular formula is C15H18O3S. The zero-order chi connectivity index (χ0) is 13.8. The summed E-state index contributed by atoms with van der Waals surface area (Å²) < 4.78 is 0. The van der Waals surface area contributed by atoms with Crippen LogP contribution in [0.15, 0.2) is 29.2 Å². The standard InChI is InChI=1S/C15H18O3S/c1-19-11-8-6-10(7-9-11)14(16)12-4-2-3-5-13(12)15(17)18/h6-9,12-13H,2-5H2,1H3,(H,17,18). The minimum Gasteiger partial charge on any atom is -0.481 e. The summed E-state index contributed by atoms with van der Waals surface area (Å²) in [6, 6.07) is 7.44. The molecule has 0 spiro atoms. The molecule has 1 N–H and O–H groups in total. The van der Waals surface area contributed by atoms with E-state index in [1.165, 1.54) is 0 Å². The predicted octanol–water partition coefficient (Wildman–Crippen LogP) is 3.48. The van der Waals surface area contributed by atoms with Crippen LogP contribution in [0, 0.1) is 11.8 Å². The normalized spacial score (nSPS) is 23.0. The highest BCUT2D eigenvalue weighted by Crippen LogP contribution is 2.33. The van der Waals surface area contributed by atoms with Gasteiger partial charge in [-0.3, -0.25) is 9.59 Å². The van der Waals surface area contributed by atoms with Gasteiger partial charge in [0.05, 0.1) is 5.92 Å². The maximum atomic E-state index is 12.4. The lowest BCUT2D eigenvalue weighted by Crippen LogP contribution is -2.32. The lowest BCUT2D eigenvalue weighted by Gasteiger charge is -2.27. The SMILES string of the molecule is CSc1ccc(C(=O)C2CCCCC2C(=O)O)cc1. The van der Waals surface area contributed by atoms with Crippen molar-refractivity contribution >= 4 is 23.5 Å². The highest BCUT2D eigenvalue weighted by Gasteiger charge is 2.35. The van der Waals surface area contributed by atoms with Crippen LogP contribution in [0.25, 0.3) is 0 Å². The summed E-state index contributed by atoms with van der Waals surface area (Å²) in [6.07, 6.45) is 5.16. The molecule has 2 unspecified atom stereocenters. The van der Waals surface area contributed by atoms with Gasteiger partial charge in [-0.2, -0.15) is 0 Å². The smallest absolute Gasteiger partial charge is 0.307 e. The molecule has 0 radical (unpaired) electrons. The van der Waals surface area contributed by atoms with Gasteiger partial charge in [-0.15, -0.1) is 11.8 Å². The van der Waals surface area contributed by atoms with Gasteiger partial charge in [0.2, 0.25) is 0 Å². The molecule has 0 saturated heterocycles. The van der Waals surface area contributed by atoms with Crippen LogP contribution in [0.4, 0.5) is 0 Å². The Hall–Kier alpha value is -1.29. The molecule has 0 aliphatic heterocycles. The first-order valence-electron chi connectivity index (χ1n) is 6.54. The minimum absolute atomic E-state index is 0.0141. The maximum Gasteiger partial charge on any atom is 0.307 e. The molecule has 0 bridgehead atoms. The molecule has 0 aromatic heterocycles. The van der Waals surface area contributed by atoms with Crippen molar-refractivity contribution in [2.45, 2.75) is 30.6 Å². The molecule has 1 aliphatic rings. The molecule has 1 fully saturated rings. The van der Waals surface area contributed by atoms with E-state index in [0.29, 0.717) is 18.4 Å². The third kappa shape index (κ3) is 3.18. The van der Waals surface area contributed by atoms with Crippen LogP contribution in [0.2, 0.25) is 0 Å². The molecule has 0 amide bonds. The first kappa shape index (κ1) is 14.1. The van der Waals surface area contributed by atoms with Crippen LogP contribution in [0.3, 0.4) is 0 Å². The number of carboxylic acid groups (broad SMARTS) is 1. The number of carbonyl (C=O) groups is 2. The molecule has 102 valence electrons. The number of hydrogen-bond donors (Lipinski definition) is 1. The summed E-state index contributed by atoms with van der Waals surface area (Å²) in [4.78, 5) is 24.8. The lowest BCUT2D eigenvalue weighted by molar-refractivity contribution is -0.144. The Morgan fingerprint density at radius 2 is 1.68 bits per heavy atom. The van der Waals surface area contributed by atoms with Gasteiger partial charge in [0, 0.05) is 16.4 Å². The van der Waals surface area contributed by atoms with E-state index in [0.717, 1.165) is 17.7 Å².